The summed E-state index contributed by atoms with van der Waals surface area (Å²) in [5, 5.41) is 3.15. The van der Waals surface area contributed by atoms with E-state index in [0.29, 0.717) is 19.5 Å². The summed E-state index contributed by atoms with van der Waals surface area (Å²) < 4.78 is 50.1. The standard InChI is InChI=1S/C10H18F4N2/c1-3-8-4-15-7(2)5-16(8)6-10(13,14)9(11)12/h7-9,15H,3-6H2,1-2H3. The lowest BCUT2D eigenvalue weighted by Crippen LogP contribution is -2.58. The first-order valence-electron chi connectivity index (χ1n) is 5.50. The van der Waals surface area contributed by atoms with Crippen molar-refractivity contribution in [2.75, 3.05) is 19.6 Å². The van der Waals surface area contributed by atoms with Crippen LogP contribution in [-0.2, 0) is 0 Å². The fraction of sp³-hybridized carbons (Fsp3) is 1.00. The van der Waals surface area contributed by atoms with Gasteiger partial charge >= 0.3 is 12.3 Å². The van der Waals surface area contributed by atoms with Gasteiger partial charge in [-0.3, -0.25) is 4.90 Å². The Kier molecular flexibility index (Phi) is 4.55. The highest BCUT2D eigenvalue weighted by molar-refractivity contribution is 4.87. The van der Waals surface area contributed by atoms with Crippen molar-refractivity contribution in [3.05, 3.63) is 0 Å². The van der Waals surface area contributed by atoms with Crippen molar-refractivity contribution < 1.29 is 17.6 Å². The van der Waals surface area contributed by atoms with E-state index in [2.05, 4.69) is 5.32 Å². The summed E-state index contributed by atoms with van der Waals surface area (Å²) in [5.74, 6) is -3.91. The van der Waals surface area contributed by atoms with Gasteiger partial charge < -0.3 is 5.32 Å². The minimum absolute atomic E-state index is 0.0660. The number of halogens is 4. The lowest BCUT2D eigenvalue weighted by Gasteiger charge is -2.40. The van der Waals surface area contributed by atoms with E-state index in [1.807, 2.05) is 13.8 Å². The molecule has 0 aliphatic carbocycles. The molecule has 0 aromatic heterocycles. The molecule has 0 aromatic carbocycles. The number of rotatable bonds is 4. The van der Waals surface area contributed by atoms with Crippen molar-refractivity contribution in [3.8, 4) is 0 Å². The summed E-state index contributed by atoms with van der Waals surface area (Å²) in [4.78, 5) is 1.47. The first-order chi connectivity index (χ1) is 7.36. The monoisotopic (exact) mass is 242 g/mol. The molecule has 1 aliphatic heterocycles. The second kappa shape index (κ2) is 5.31. The summed E-state index contributed by atoms with van der Waals surface area (Å²) in [6, 6.07) is -0.0166. The van der Waals surface area contributed by atoms with Gasteiger partial charge in [-0.1, -0.05) is 6.92 Å². The van der Waals surface area contributed by atoms with Crippen LogP contribution in [0.4, 0.5) is 17.6 Å². The van der Waals surface area contributed by atoms with Crippen LogP contribution in [0.5, 0.6) is 0 Å². The Morgan fingerprint density at radius 1 is 1.44 bits per heavy atom. The van der Waals surface area contributed by atoms with Gasteiger partial charge in [-0.2, -0.15) is 8.78 Å². The highest BCUT2D eigenvalue weighted by Crippen LogP contribution is 2.26. The molecular weight excluding hydrogens is 224 g/mol. The minimum Gasteiger partial charge on any atom is -0.311 e. The van der Waals surface area contributed by atoms with Gasteiger partial charge in [-0.25, -0.2) is 8.78 Å². The summed E-state index contributed by atoms with van der Waals surface area (Å²) >= 11 is 0. The third-order valence-corrected chi connectivity index (χ3v) is 2.93. The molecule has 96 valence electrons. The molecule has 6 heteroatoms. The molecule has 0 radical (unpaired) electrons. The first kappa shape index (κ1) is 13.7. The van der Waals surface area contributed by atoms with Crippen LogP contribution in [0.2, 0.25) is 0 Å². The second-order valence-electron chi connectivity index (χ2n) is 4.36. The third-order valence-electron chi connectivity index (χ3n) is 2.93. The Balaban J connectivity index is 2.61. The SMILES string of the molecule is CCC1CNC(C)CN1CC(F)(F)C(F)F. The van der Waals surface area contributed by atoms with E-state index in [9.17, 15) is 17.6 Å². The number of nitrogens with one attached hydrogen (secondary N) is 1. The molecule has 1 fully saturated rings. The molecule has 1 N–H and O–H groups in total. The van der Waals surface area contributed by atoms with Gasteiger partial charge in [0.2, 0.25) is 0 Å². The Labute approximate surface area is 93.0 Å². The molecule has 0 aromatic rings. The van der Waals surface area contributed by atoms with Crippen LogP contribution in [0.3, 0.4) is 0 Å². The molecule has 0 saturated carbocycles. The summed E-state index contributed by atoms with van der Waals surface area (Å²) in [6.07, 6.45) is -2.91. The van der Waals surface area contributed by atoms with Crippen LogP contribution in [0.15, 0.2) is 0 Å². The molecule has 1 rings (SSSR count). The van der Waals surface area contributed by atoms with E-state index in [4.69, 9.17) is 0 Å². The van der Waals surface area contributed by atoms with Crippen LogP contribution in [-0.4, -0.2) is 49.0 Å². The van der Waals surface area contributed by atoms with Crippen molar-refractivity contribution in [1.82, 2.24) is 10.2 Å². The van der Waals surface area contributed by atoms with Crippen molar-refractivity contribution in [1.29, 1.82) is 0 Å². The molecule has 0 bridgehead atoms. The zero-order valence-electron chi connectivity index (χ0n) is 9.52. The molecule has 1 aliphatic rings. The van der Waals surface area contributed by atoms with Crippen LogP contribution in [0.25, 0.3) is 0 Å². The van der Waals surface area contributed by atoms with Gasteiger partial charge in [0, 0.05) is 25.2 Å². The van der Waals surface area contributed by atoms with Crippen molar-refractivity contribution in [3.63, 3.8) is 0 Å². The number of piperazine rings is 1. The fourth-order valence-electron chi connectivity index (χ4n) is 1.97. The van der Waals surface area contributed by atoms with Crippen LogP contribution >= 0.6 is 0 Å². The Bertz CT molecular complexity index is 223. The number of alkyl halides is 4. The van der Waals surface area contributed by atoms with Crippen molar-refractivity contribution in [2.24, 2.45) is 0 Å². The Hall–Kier alpha value is -0.360. The quantitative estimate of drug-likeness (QED) is 0.758. The lowest BCUT2D eigenvalue weighted by molar-refractivity contribution is -0.148. The summed E-state index contributed by atoms with van der Waals surface area (Å²) in [5.41, 5.74) is 0. The van der Waals surface area contributed by atoms with E-state index < -0.39 is 18.9 Å². The van der Waals surface area contributed by atoms with Gasteiger partial charge in [0.05, 0.1) is 6.54 Å². The average Bonchev–Trinajstić information content (AvgIpc) is 2.17. The van der Waals surface area contributed by atoms with E-state index in [-0.39, 0.29) is 12.1 Å². The molecule has 0 spiro atoms. The highest BCUT2D eigenvalue weighted by atomic mass is 19.3. The van der Waals surface area contributed by atoms with Crippen molar-refractivity contribution in [2.45, 2.75) is 44.7 Å². The predicted octanol–water partition coefficient (Wildman–Crippen LogP) is 1.96. The number of nitrogens with zero attached hydrogens (tertiary/aromatic N) is 1. The smallest absolute Gasteiger partial charge is 0.311 e. The largest absolute Gasteiger partial charge is 0.319 e. The topological polar surface area (TPSA) is 15.3 Å². The molecule has 2 unspecified atom stereocenters. The molecule has 0 amide bonds. The van der Waals surface area contributed by atoms with Gasteiger partial charge in [0.25, 0.3) is 0 Å². The molecule has 1 saturated heterocycles. The fourth-order valence-corrected chi connectivity index (χ4v) is 1.97. The maximum absolute atomic E-state index is 13.0. The Morgan fingerprint density at radius 2 is 2.06 bits per heavy atom. The zero-order chi connectivity index (χ0) is 12.3. The van der Waals surface area contributed by atoms with Gasteiger partial charge in [0.15, 0.2) is 0 Å². The Morgan fingerprint density at radius 3 is 2.56 bits per heavy atom. The summed E-state index contributed by atoms with van der Waals surface area (Å²) in [6.45, 7) is 3.85. The second-order valence-corrected chi connectivity index (χ2v) is 4.36. The lowest BCUT2D eigenvalue weighted by atomic mass is 10.1. The summed E-state index contributed by atoms with van der Waals surface area (Å²) in [7, 11) is 0. The molecular formula is C10H18F4N2. The average molecular weight is 242 g/mol. The molecule has 1 heterocycles. The van der Waals surface area contributed by atoms with E-state index in [0.717, 1.165) is 0 Å². The maximum Gasteiger partial charge on any atom is 0.319 e. The third kappa shape index (κ3) is 3.31. The minimum atomic E-state index is -3.91. The number of hydrogen-bond acceptors (Lipinski definition) is 2. The van der Waals surface area contributed by atoms with Gasteiger partial charge in [0.1, 0.15) is 0 Å². The maximum atomic E-state index is 13.0. The van der Waals surface area contributed by atoms with Gasteiger partial charge in [-0.15, -0.1) is 0 Å². The predicted molar refractivity (Wildman–Crippen MR) is 54.1 cm³/mol. The zero-order valence-corrected chi connectivity index (χ0v) is 9.52. The molecule has 2 atom stereocenters. The van der Waals surface area contributed by atoms with Crippen LogP contribution in [0.1, 0.15) is 20.3 Å². The molecule has 16 heavy (non-hydrogen) atoms. The normalized spacial score (nSPS) is 28.7. The molecule has 2 nitrogen and oxygen atoms in total. The van der Waals surface area contributed by atoms with Crippen molar-refractivity contribution >= 4 is 0 Å². The first-order valence-corrected chi connectivity index (χ1v) is 5.50. The van der Waals surface area contributed by atoms with Crippen LogP contribution in [0, 0.1) is 0 Å². The van der Waals surface area contributed by atoms with E-state index >= 15 is 0 Å². The van der Waals surface area contributed by atoms with E-state index in [1.165, 1.54) is 4.90 Å². The van der Waals surface area contributed by atoms with Crippen LogP contribution < -0.4 is 5.32 Å². The van der Waals surface area contributed by atoms with Gasteiger partial charge in [-0.05, 0) is 13.3 Å². The highest BCUT2D eigenvalue weighted by Gasteiger charge is 2.44. The van der Waals surface area contributed by atoms with E-state index in [1.54, 1.807) is 0 Å². The number of hydrogen-bond donors (Lipinski definition) is 1.